The van der Waals surface area contributed by atoms with Crippen molar-refractivity contribution in [3.63, 3.8) is 0 Å². The second-order valence-corrected chi connectivity index (χ2v) is 7.07. The first-order valence-electron chi connectivity index (χ1n) is 9.42. The highest BCUT2D eigenvalue weighted by Gasteiger charge is 2.26. The van der Waals surface area contributed by atoms with Crippen molar-refractivity contribution in [1.82, 2.24) is 15.6 Å². The van der Waals surface area contributed by atoms with E-state index in [1.54, 1.807) is 6.20 Å². The fourth-order valence-corrected chi connectivity index (χ4v) is 3.12. The minimum Gasteiger partial charge on any atom is -0.370 e. The molecule has 3 amide bonds. The van der Waals surface area contributed by atoms with Crippen LogP contribution in [0, 0.1) is 0 Å². The zero-order chi connectivity index (χ0) is 22.1. The number of H-pyrrole nitrogens is 1. The Hall–Kier alpha value is -3.21. The van der Waals surface area contributed by atoms with Gasteiger partial charge in [0.1, 0.15) is 12.1 Å². The van der Waals surface area contributed by atoms with Crippen molar-refractivity contribution in [3.8, 4) is 0 Å². The molecule has 1 heterocycles. The van der Waals surface area contributed by atoms with Gasteiger partial charge < -0.3 is 32.8 Å². The van der Waals surface area contributed by atoms with E-state index in [-0.39, 0.29) is 24.6 Å². The van der Waals surface area contributed by atoms with Gasteiger partial charge in [-0.25, -0.2) is 0 Å². The number of thiol groups is 1. The SMILES string of the molecule is NC(=O)[C@H](CCCN=C(N)N)NC(=O)[C@H](Cc1c[nH]c2ccccc12)NC(=O)CS. The summed E-state index contributed by atoms with van der Waals surface area (Å²) in [5, 5.41) is 6.21. The van der Waals surface area contributed by atoms with Gasteiger partial charge >= 0.3 is 0 Å². The summed E-state index contributed by atoms with van der Waals surface area (Å²) in [4.78, 5) is 43.5. The molecule has 0 saturated carbocycles. The fourth-order valence-electron chi connectivity index (χ4n) is 3.03. The summed E-state index contributed by atoms with van der Waals surface area (Å²) in [5.41, 5.74) is 17.7. The number of aliphatic imine (C=N–C) groups is 1. The molecule has 0 spiro atoms. The summed E-state index contributed by atoms with van der Waals surface area (Å²) < 4.78 is 0. The molecular formula is C19H27N7O3S. The topological polar surface area (TPSA) is 181 Å². The highest BCUT2D eigenvalue weighted by Crippen LogP contribution is 2.19. The number of carbonyl (C=O) groups excluding carboxylic acids is 3. The van der Waals surface area contributed by atoms with Crippen molar-refractivity contribution in [2.24, 2.45) is 22.2 Å². The Morgan fingerprint density at radius 3 is 2.50 bits per heavy atom. The third-order valence-electron chi connectivity index (χ3n) is 4.50. The van der Waals surface area contributed by atoms with Crippen LogP contribution >= 0.6 is 12.6 Å². The van der Waals surface area contributed by atoms with Crippen LogP contribution in [0.2, 0.25) is 0 Å². The molecule has 0 aliphatic rings. The van der Waals surface area contributed by atoms with Crippen molar-refractivity contribution >= 4 is 47.2 Å². The largest absolute Gasteiger partial charge is 0.370 e. The van der Waals surface area contributed by atoms with Crippen LogP contribution in [-0.2, 0) is 20.8 Å². The third kappa shape index (κ3) is 6.69. The molecule has 0 bridgehead atoms. The number of fused-ring (bicyclic) bond motifs is 1. The number of nitrogens with two attached hydrogens (primary N) is 3. The monoisotopic (exact) mass is 433 g/mol. The van der Waals surface area contributed by atoms with Crippen LogP contribution in [0.15, 0.2) is 35.5 Å². The summed E-state index contributed by atoms with van der Waals surface area (Å²) in [5.74, 6) is -1.72. The van der Waals surface area contributed by atoms with Crippen molar-refractivity contribution in [1.29, 1.82) is 0 Å². The number of amides is 3. The van der Waals surface area contributed by atoms with Gasteiger partial charge in [0, 0.05) is 30.1 Å². The second kappa shape index (κ2) is 11.1. The van der Waals surface area contributed by atoms with Crippen LogP contribution in [0.1, 0.15) is 18.4 Å². The number of rotatable bonds is 11. The Labute approximate surface area is 179 Å². The summed E-state index contributed by atoms with van der Waals surface area (Å²) in [7, 11) is 0. The number of hydrogen-bond acceptors (Lipinski definition) is 5. The Kier molecular flexibility index (Phi) is 8.54. The van der Waals surface area contributed by atoms with Gasteiger partial charge in [-0.15, -0.1) is 0 Å². The second-order valence-electron chi connectivity index (χ2n) is 6.75. The van der Waals surface area contributed by atoms with E-state index < -0.39 is 29.8 Å². The maximum atomic E-state index is 12.9. The highest BCUT2D eigenvalue weighted by molar-refractivity contribution is 7.81. The van der Waals surface area contributed by atoms with E-state index in [1.165, 1.54) is 0 Å². The number of guanidine groups is 1. The van der Waals surface area contributed by atoms with Crippen molar-refractivity contribution < 1.29 is 14.4 Å². The number of aromatic nitrogens is 1. The average molecular weight is 434 g/mol. The van der Waals surface area contributed by atoms with Crippen molar-refractivity contribution in [2.75, 3.05) is 12.3 Å². The first-order chi connectivity index (χ1) is 14.3. The van der Waals surface area contributed by atoms with Crippen molar-refractivity contribution in [3.05, 3.63) is 36.0 Å². The average Bonchev–Trinajstić information content (AvgIpc) is 3.12. The number of para-hydroxylation sites is 1. The number of hydrogen-bond donors (Lipinski definition) is 7. The summed E-state index contributed by atoms with van der Waals surface area (Å²) in [6.45, 7) is 0.303. The highest BCUT2D eigenvalue weighted by atomic mass is 32.1. The van der Waals surface area contributed by atoms with Crippen molar-refractivity contribution in [2.45, 2.75) is 31.3 Å². The van der Waals surface area contributed by atoms with E-state index in [2.05, 4.69) is 33.2 Å². The van der Waals surface area contributed by atoms with Crippen LogP contribution in [0.25, 0.3) is 10.9 Å². The molecule has 0 aliphatic heterocycles. The van der Waals surface area contributed by atoms with Gasteiger partial charge in [0.15, 0.2) is 5.96 Å². The smallest absolute Gasteiger partial charge is 0.243 e. The first-order valence-corrected chi connectivity index (χ1v) is 10.0. The van der Waals surface area contributed by atoms with Gasteiger partial charge in [-0.3, -0.25) is 19.4 Å². The maximum absolute atomic E-state index is 12.9. The number of nitrogens with one attached hydrogen (secondary N) is 3. The molecule has 0 unspecified atom stereocenters. The van der Waals surface area contributed by atoms with E-state index in [4.69, 9.17) is 17.2 Å². The molecule has 1 aromatic heterocycles. The predicted octanol–water partition coefficient (Wildman–Crippen LogP) is -0.851. The lowest BCUT2D eigenvalue weighted by molar-refractivity contribution is -0.130. The molecular weight excluding hydrogens is 406 g/mol. The van der Waals surface area contributed by atoms with E-state index >= 15 is 0 Å². The molecule has 30 heavy (non-hydrogen) atoms. The zero-order valence-corrected chi connectivity index (χ0v) is 17.3. The quantitative estimate of drug-likeness (QED) is 0.105. The summed E-state index contributed by atoms with van der Waals surface area (Å²) in [6, 6.07) is 5.82. The third-order valence-corrected chi connectivity index (χ3v) is 4.79. The lowest BCUT2D eigenvalue weighted by atomic mass is 10.0. The number of aromatic amines is 1. The Bertz CT molecular complexity index is 924. The Morgan fingerprint density at radius 2 is 1.83 bits per heavy atom. The summed E-state index contributed by atoms with van der Waals surface area (Å²) in [6.07, 6.45) is 2.73. The van der Waals surface area contributed by atoms with E-state index in [1.807, 2.05) is 24.3 Å². The van der Waals surface area contributed by atoms with E-state index in [0.717, 1.165) is 16.5 Å². The van der Waals surface area contributed by atoms with Crippen LogP contribution < -0.4 is 27.8 Å². The molecule has 9 N–H and O–H groups in total. The first kappa shape index (κ1) is 23.1. The minimum atomic E-state index is -0.912. The normalized spacial score (nSPS) is 12.7. The maximum Gasteiger partial charge on any atom is 0.243 e. The predicted molar refractivity (Wildman–Crippen MR) is 119 cm³/mol. The van der Waals surface area contributed by atoms with E-state index in [0.29, 0.717) is 13.0 Å². The molecule has 1 aromatic carbocycles. The lowest BCUT2D eigenvalue weighted by Gasteiger charge is -2.21. The van der Waals surface area contributed by atoms with Gasteiger partial charge in [-0.1, -0.05) is 18.2 Å². The Morgan fingerprint density at radius 1 is 1.10 bits per heavy atom. The molecule has 0 fully saturated rings. The van der Waals surface area contributed by atoms with Crippen LogP contribution in [0.4, 0.5) is 0 Å². The molecule has 0 aliphatic carbocycles. The van der Waals surface area contributed by atoms with Gasteiger partial charge in [0.05, 0.1) is 5.75 Å². The number of carbonyl (C=O) groups is 3. The van der Waals surface area contributed by atoms with Gasteiger partial charge in [-0.05, 0) is 24.5 Å². The van der Waals surface area contributed by atoms with Gasteiger partial charge in [0.2, 0.25) is 17.7 Å². The van der Waals surface area contributed by atoms with Crippen LogP contribution in [0.5, 0.6) is 0 Å². The molecule has 2 atom stereocenters. The van der Waals surface area contributed by atoms with Crippen LogP contribution in [-0.4, -0.2) is 53.0 Å². The van der Waals surface area contributed by atoms with Gasteiger partial charge in [-0.2, -0.15) is 12.6 Å². The number of nitrogens with zero attached hydrogens (tertiary/aromatic N) is 1. The zero-order valence-electron chi connectivity index (χ0n) is 16.4. The molecule has 10 nitrogen and oxygen atoms in total. The van der Waals surface area contributed by atoms with E-state index in [9.17, 15) is 14.4 Å². The molecule has 0 radical (unpaired) electrons. The molecule has 0 saturated heterocycles. The Balaban J connectivity index is 2.12. The van der Waals surface area contributed by atoms with Crippen LogP contribution in [0.3, 0.4) is 0 Å². The lowest BCUT2D eigenvalue weighted by Crippen LogP contribution is -2.54. The molecule has 11 heteroatoms. The fraction of sp³-hybridized carbons (Fsp3) is 0.368. The number of benzene rings is 1. The standard InChI is InChI=1S/C19H27N7O3S/c20-17(28)14(6-3-7-23-19(21)22)26-18(29)15(25-16(27)10-30)8-11-9-24-13-5-2-1-4-12(11)13/h1-2,4-5,9,14-15,24,30H,3,6-8,10H2,(H2,20,28)(H,25,27)(H,26,29)(H4,21,22,23)/t14-,15-/m0/s1. The summed E-state index contributed by atoms with van der Waals surface area (Å²) >= 11 is 3.95. The minimum absolute atomic E-state index is 0.0529. The molecule has 162 valence electrons. The number of primary amides is 1. The molecule has 2 aromatic rings. The molecule has 2 rings (SSSR count). The van der Waals surface area contributed by atoms with Gasteiger partial charge in [0.25, 0.3) is 0 Å².